The van der Waals surface area contributed by atoms with E-state index < -0.39 is 29.3 Å². The molecular weight excluding hydrogens is 375 g/mol. The van der Waals surface area contributed by atoms with Gasteiger partial charge in [0.05, 0.1) is 5.41 Å². The van der Waals surface area contributed by atoms with Crippen LogP contribution in [0.4, 0.5) is 4.39 Å². The molecule has 1 aliphatic rings. The maximum Gasteiger partial charge on any atom is 0.317 e. The Hall–Kier alpha value is -3.22. The van der Waals surface area contributed by atoms with Crippen LogP contribution in [0, 0.1) is 5.82 Å². The van der Waals surface area contributed by atoms with E-state index in [0.717, 1.165) is 12.8 Å². The number of nitrogens with one attached hydrogen (secondary N) is 2. The fourth-order valence-electron chi connectivity index (χ4n) is 3.57. The highest BCUT2D eigenvalue weighted by atomic mass is 19.1. The third-order valence-electron chi connectivity index (χ3n) is 5.23. The standard InChI is InChI=1S/C22H23FN2O4/c1-15(19(26)24-25-20(27)16-7-3-2-4-8-16)29-21(28)22(13-5-6-14-22)17-9-11-18(23)12-10-17/h2-4,7-12,15H,5-6,13-14H2,1H3,(H,24,26)(H,25,27)/t15-/m1/s1. The molecule has 3 rings (SSSR count). The lowest BCUT2D eigenvalue weighted by Crippen LogP contribution is -2.48. The van der Waals surface area contributed by atoms with Gasteiger partial charge in [-0.2, -0.15) is 0 Å². The first-order valence-electron chi connectivity index (χ1n) is 9.55. The molecule has 0 aromatic heterocycles. The van der Waals surface area contributed by atoms with E-state index in [9.17, 15) is 18.8 Å². The predicted octanol–water partition coefficient (Wildman–Crippen LogP) is 3.03. The number of carbonyl (C=O) groups is 3. The molecule has 0 heterocycles. The quantitative estimate of drug-likeness (QED) is 0.599. The van der Waals surface area contributed by atoms with Gasteiger partial charge in [-0.25, -0.2) is 4.39 Å². The molecule has 0 saturated heterocycles. The number of rotatable bonds is 5. The Bertz CT molecular complexity index is 877. The molecular formula is C22H23FN2O4. The molecule has 1 saturated carbocycles. The second kappa shape index (κ2) is 8.86. The molecule has 0 bridgehead atoms. The van der Waals surface area contributed by atoms with Crippen molar-refractivity contribution < 1.29 is 23.5 Å². The van der Waals surface area contributed by atoms with Crippen LogP contribution in [-0.4, -0.2) is 23.9 Å². The summed E-state index contributed by atoms with van der Waals surface area (Å²) in [5.74, 6) is -2.01. The topological polar surface area (TPSA) is 84.5 Å². The molecule has 2 N–H and O–H groups in total. The van der Waals surface area contributed by atoms with Crippen LogP contribution in [0.15, 0.2) is 54.6 Å². The fourth-order valence-corrected chi connectivity index (χ4v) is 3.57. The number of hydrogen-bond acceptors (Lipinski definition) is 4. The predicted molar refractivity (Wildman–Crippen MR) is 104 cm³/mol. The van der Waals surface area contributed by atoms with Gasteiger partial charge in [-0.1, -0.05) is 43.2 Å². The van der Waals surface area contributed by atoms with Gasteiger partial charge < -0.3 is 4.74 Å². The Kier molecular flexibility index (Phi) is 6.26. The average Bonchev–Trinajstić information content (AvgIpc) is 3.24. The summed E-state index contributed by atoms with van der Waals surface area (Å²) in [4.78, 5) is 37.2. The first-order valence-corrected chi connectivity index (χ1v) is 9.55. The van der Waals surface area contributed by atoms with Crippen molar-refractivity contribution >= 4 is 17.8 Å². The van der Waals surface area contributed by atoms with Crippen molar-refractivity contribution in [2.24, 2.45) is 0 Å². The zero-order chi connectivity index (χ0) is 20.9. The molecule has 152 valence electrons. The first-order chi connectivity index (χ1) is 13.9. The van der Waals surface area contributed by atoms with Gasteiger partial charge in [-0.05, 0) is 49.6 Å². The molecule has 2 aromatic rings. The summed E-state index contributed by atoms with van der Waals surface area (Å²) in [5, 5.41) is 0. The Morgan fingerprint density at radius 3 is 2.21 bits per heavy atom. The molecule has 1 fully saturated rings. The largest absolute Gasteiger partial charge is 0.452 e. The van der Waals surface area contributed by atoms with Gasteiger partial charge in [0.25, 0.3) is 11.8 Å². The van der Waals surface area contributed by atoms with Crippen molar-refractivity contribution in [3.63, 3.8) is 0 Å². The minimum atomic E-state index is -1.10. The number of benzene rings is 2. The second-order valence-electron chi connectivity index (χ2n) is 7.15. The van der Waals surface area contributed by atoms with Crippen LogP contribution >= 0.6 is 0 Å². The third kappa shape index (κ3) is 4.62. The molecule has 1 aliphatic carbocycles. The van der Waals surface area contributed by atoms with Crippen molar-refractivity contribution in [1.82, 2.24) is 10.9 Å². The van der Waals surface area contributed by atoms with E-state index in [1.807, 2.05) is 0 Å². The van der Waals surface area contributed by atoms with E-state index in [2.05, 4.69) is 10.9 Å². The van der Waals surface area contributed by atoms with E-state index in [1.165, 1.54) is 19.1 Å². The molecule has 0 aliphatic heterocycles. The molecule has 0 unspecified atom stereocenters. The fraction of sp³-hybridized carbons (Fsp3) is 0.318. The van der Waals surface area contributed by atoms with Gasteiger partial charge in [-0.15, -0.1) is 0 Å². The molecule has 6 nitrogen and oxygen atoms in total. The van der Waals surface area contributed by atoms with Gasteiger partial charge in [0, 0.05) is 5.56 Å². The normalized spacial score (nSPS) is 15.9. The molecule has 2 aromatic carbocycles. The molecule has 7 heteroatoms. The zero-order valence-electron chi connectivity index (χ0n) is 16.1. The maximum absolute atomic E-state index is 13.3. The monoisotopic (exact) mass is 398 g/mol. The third-order valence-corrected chi connectivity index (χ3v) is 5.23. The van der Waals surface area contributed by atoms with Crippen LogP contribution in [0.1, 0.15) is 48.5 Å². The van der Waals surface area contributed by atoms with Crippen LogP contribution in [0.2, 0.25) is 0 Å². The lowest BCUT2D eigenvalue weighted by Gasteiger charge is -2.28. The molecule has 2 amide bonds. The number of carbonyl (C=O) groups excluding carboxylic acids is 3. The summed E-state index contributed by atoms with van der Waals surface area (Å²) in [7, 11) is 0. The number of ether oxygens (including phenoxy) is 1. The summed E-state index contributed by atoms with van der Waals surface area (Å²) in [5.41, 5.74) is 4.76. The lowest BCUT2D eigenvalue weighted by molar-refractivity contribution is -0.160. The van der Waals surface area contributed by atoms with E-state index >= 15 is 0 Å². The van der Waals surface area contributed by atoms with Crippen LogP contribution < -0.4 is 10.9 Å². The van der Waals surface area contributed by atoms with E-state index in [1.54, 1.807) is 42.5 Å². The SMILES string of the molecule is C[C@@H](OC(=O)C1(c2ccc(F)cc2)CCCC1)C(=O)NNC(=O)c1ccccc1. The van der Waals surface area contributed by atoms with Crippen molar-refractivity contribution in [3.8, 4) is 0 Å². The Balaban J connectivity index is 1.61. The van der Waals surface area contributed by atoms with Crippen LogP contribution in [-0.2, 0) is 19.7 Å². The minimum Gasteiger partial charge on any atom is -0.452 e. The van der Waals surface area contributed by atoms with Crippen LogP contribution in [0.5, 0.6) is 0 Å². The molecule has 0 spiro atoms. The number of esters is 1. The number of hydrogen-bond donors (Lipinski definition) is 2. The highest BCUT2D eigenvalue weighted by Gasteiger charge is 2.45. The van der Waals surface area contributed by atoms with Gasteiger partial charge >= 0.3 is 5.97 Å². The highest BCUT2D eigenvalue weighted by molar-refractivity contribution is 5.96. The Morgan fingerprint density at radius 1 is 0.966 bits per heavy atom. The average molecular weight is 398 g/mol. The highest BCUT2D eigenvalue weighted by Crippen LogP contribution is 2.42. The maximum atomic E-state index is 13.3. The van der Waals surface area contributed by atoms with Crippen LogP contribution in [0.3, 0.4) is 0 Å². The Morgan fingerprint density at radius 2 is 1.59 bits per heavy atom. The van der Waals surface area contributed by atoms with E-state index in [4.69, 9.17) is 4.74 Å². The molecule has 0 radical (unpaired) electrons. The minimum absolute atomic E-state index is 0.378. The zero-order valence-corrected chi connectivity index (χ0v) is 16.1. The van der Waals surface area contributed by atoms with Crippen molar-refractivity contribution in [1.29, 1.82) is 0 Å². The van der Waals surface area contributed by atoms with Crippen molar-refractivity contribution in [3.05, 3.63) is 71.5 Å². The van der Waals surface area contributed by atoms with Gasteiger partial charge in [0.2, 0.25) is 0 Å². The first kappa shape index (κ1) is 20.5. The molecule has 1 atom stereocenters. The van der Waals surface area contributed by atoms with Gasteiger partial charge in [0.1, 0.15) is 5.82 Å². The van der Waals surface area contributed by atoms with Crippen LogP contribution in [0.25, 0.3) is 0 Å². The summed E-state index contributed by atoms with van der Waals surface area (Å²) >= 11 is 0. The summed E-state index contributed by atoms with van der Waals surface area (Å²) in [6, 6.07) is 14.2. The van der Waals surface area contributed by atoms with Gasteiger partial charge in [0.15, 0.2) is 6.10 Å². The van der Waals surface area contributed by atoms with Crippen molar-refractivity contribution in [2.75, 3.05) is 0 Å². The number of amides is 2. The number of halogens is 1. The second-order valence-corrected chi connectivity index (χ2v) is 7.15. The summed E-state index contributed by atoms with van der Waals surface area (Å²) in [6.45, 7) is 1.44. The van der Waals surface area contributed by atoms with E-state index in [-0.39, 0.29) is 5.82 Å². The van der Waals surface area contributed by atoms with E-state index in [0.29, 0.717) is 24.0 Å². The van der Waals surface area contributed by atoms with Crippen molar-refractivity contribution in [2.45, 2.75) is 44.1 Å². The van der Waals surface area contributed by atoms with Gasteiger partial charge in [-0.3, -0.25) is 25.2 Å². The summed E-state index contributed by atoms with van der Waals surface area (Å²) < 4.78 is 18.7. The summed E-state index contributed by atoms with van der Waals surface area (Å²) in [6.07, 6.45) is 1.75. The Labute approximate surface area is 168 Å². The number of hydrazine groups is 1. The smallest absolute Gasteiger partial charge is 0.317 e. The molecule has 29 heavy (non-hydrogen) atoms. The lowest BCUT2D eigenvalue weighted by atomic mass is 9.79.